The number of nitrogens with one attached hydrogen (secondary N) is 1. The lowest BCUT2D eigenvalue weighted by Crippen LogP contribution is -2.20. The zero-order chi connectivity index (χ0) is 14.3. The fourth-order valence-corrected chi connectivity index (χ4v) is 1.65. The SMILES string of the molecule is CCCCN(C)c1cc(NCCC(=O)O)nc(C)n1. The average Bonchev–Trinajstić information content (AvgIpc) is 2.34. The highest BCUT2D eigenvalue weighted by Crippen LogP contribution is 2.15. The van der Waals surface area contributed by atoms with Gasteiger partial charge in [0.2, 0.25) is 0 Å². The molecule has 6 heteroatoms. The summed E-state index contributed by atoms with van der Waals surface area (Å²) in [6.45, 7) is 5.29. The van der Waals surface area contributed by atoms with Crippen molar-refractivity contribution in [3.8, 4) is 0 Å². The van der Waals surface area contributed by atoms with Crippen LogP contribution in [0.2, 0.25) is 0 Å². The summed E-state index contributed by atoms with van der Waals surface area (Å²) < 4.78 is 0. The Balaban J connectivity index is 2.67. The zero-order valence-corrected chi connectivity index (χ0v) is 11.8. The first kappa shape index (κ1) is 15.2. The molecular weight excluding hydrogens is 244 g/mol. The van der Waals surface area contributed by atoms with Crippen LogP contribution in [0.1, 0.15) is 32.0 Å². The van der Waals surface area contributed by atoms with E-state index in [0.717, 1.165) is 25.2 Å². The van der Waals surface area contributed by atoms with Gasteiger partial charge in [-0.3, -0.25) is 4.79 Å². The van der Waals surface area contributed by atoms with Crippen molar-refractivity contribution in [2.75, 3.05) is 30.4 Å². The van der Waals surface area contributed by atoms with Crippen LogP contribution in [0.15, 0.2) is 6.07 Å². The quantitative estimate of drug-likeness (QED) is 0.748. The van der Waals surface area contributed by atoms with Gasteiger partial charge in [0.1, 0.15) is 17.5 Å². The first-order chi connectivity index (χ1) is 9.02. The summed E-state index contributed by atoms with van der Waals surface area (Å²) in [7, 11) is 2.00. The molecule has 0 spiro atoms. The Morgan fingerprint density at radius 2 is 2.21 bits per heavy atom. The second kappa shape index (κ2) is 7.56. The molecule has 0 bridgehead atoms. The molecule has 1 aromatic rings. The number of nitrogens with zero attached hydrogens (tertiary/aromatic N) is 3. The third-order valence-electron chi connectivity index (χ3n) is 2.71. The van der Waals surface area contributed by atoms with Crippen molar-refractivity contribution in [1.29, 1.82) is 0 Å². The summed E-state index contributed by atoms with van der Waals surface area (Å²) in [6, 6.07) is 1.85. The highest BCUT2D eigenvalue weighted by Gasteiger charge is 2.06. The Morgan fingerprint density at radius 1 is 1.47 bits per heavy atom. The highest BCUT2D eigenvalue weighted by molar-refractivity contribution is 5.67. The van der Waals surface area contributed by atoms with Crippen LogP contribution in [0.3, 0.4) is 0 Å². The Labute approximate surface area is 113 Å². The molecule has 106 valence electrons. The largest absolute Gasteiger partial charge is 0.481 e. The van der Waals surface area contributed by atoms with Crippen molar-refractivity contribution < 1.29 is 9.90 Å². The van der Waals surface area contributed by atoms with Gasteiger partial charge < -0.3 is 15.3 Å². The van der Waals surface area contributed by atoms with E-state index < -0.39 is 5.97 Å². The summed E-state index contributed by atoms with van der Waals surface area (Å²) in [5, 5.41) is 11.6. The van der Waals surface area contributed by atoms with Gasteiger partial charge in [0.05, 0.1) is 6.42 Å². The number of hydrogen-bond acceptors (Lipinski definition) is 5. The molecule has 0 aliphatic carbocycles. The van der Waals surface area contributed by atoms with Crippen LogP contribution in [-0.4, -0.2) is 41.2 Å². The zero-order valence-electron chi connectivity index (χ0n) is 11.8. The third kappa shape index (κ3) is 5.54. The van der Waals surface area contributed by atoms with Crippen LogP contribution < -0.4 is 10.2 Å². The van der Waals surface area contributed by atoms with Crippen molar-refractivity contribution in [1.82, 2.24) is 9.97 Å². The van der Waals surface area contributed by atoms with Gasteiger partial charge >= 0.3 is 5.97 Å². The molecule has 0 saturated heterocycles. The van der Waals surface area contributed by atoms with E-state index in [9.17, 15) is 4.79 Å². The molecule has 1 aromatic heterocycles. The molecule has 19 heavy (non-hydrogen) atoms. The maximum absolute atomic E-state index is 10.5. The Hall–Kier alpha value is -1.85. The lowest BCUT2D eigenvalue weighted by Gasteiger charge is -2.19. The van der Waals surface area contributed by atoms with E-state index in [1.807, 2.05) is 20.0 Å². The van der Waals surface area contributed by atoms with E-state index in [4.69, 9.17) is 5.11 Å². The molecule has 0 unspecified atom stereocenters. The number of carboxylic acid groups (broad SMARTS) is 1. The maximum Gasteiger partial charge on any atom is 0.305 e. The molecule has 0 amide bonds. The minimum absolute atomic E-state index is 0.0735. The van der Waals surface area contributed by atoms with Gasteiger partial charge in [-0.2, -0.15) is 0 Å². The van der Waals surface area contributed by atoms with Crippen LogP contribution in [0, 0.1) is 6.92 Å². The maximum atomic E-state index is 10.5. The van der Waals surface area contributed by atoms with E-state index >= 15 is 0 Å². The Bertz CT molecular complexity index is 423. The van der Waals surface area contributed by atoms with Gasteiger partial charge in [-0.15, -0.1) is 0 Å². The lowest BCUT2D eigenvalue weighted by atomic mass is 10.3. The average molecular weight is 266 g/mol. The molecule has 0 aliphatic heterocycles. The number of anilines is 2. The number of aromatic nitrogens is 2. The van der Waals surface area contributed by atoms with Crippen molar-refractivity contribution in [3.63, 3.8) is 0 Å². The van der Waals surface area contributed by atoms with Crippen molar-refractivity contribution in [2.45, 2.75) is 33.1 Å². The van der Waals surface area contributed by atoms with E-state index in [1.54, 1.807) is 0 Å². The number of rotatable bonds is 8. The second-order valence-electron chi connectivity index (χ2n) is 4.50. The van der Waals surface area contributed by atoms with Crippen LogP contribution in [0.4, 0.5) is 11.6 Å². The van der Waals surface area contributed by atoms with E-state index in [0.29, 0.717) is 18.2 Å². The number of carboxylic acids is 1. The normalized spacial score (nSPS) is 10.3. The number of aliphatic carboxylic acids is 1. The standard InChI is InChI=1S/C13H22N4O2/c1-4-5-8-17(3)12-9-11(15-10(2)16-12)14-7-6-13(18)19/h9H,4-8H2,1-3H3,(H,18,19)(H,14,15,16). The molecule has 0 radical (unpaired) electrons. The molecule has 0 atom stereocenters. The van der Waals surface area contributed by atoms with Gasteiger partial charge in [0.15, 0.2) is 0 Å². The lowest BCUT2D eigenvalue weighted by molar-refractivity contribution is -0.136. The van der Waals surface area contributed by atoms with Gasteiger partial charge in [-0.25, -0.2) is 9.97 Å². The van der Waals surface area contributed by atoms with E-state index in [2.05, 4.69) is 27.1 Å². The molecule has 0 aliphatic rings. The molecular formula is C13H22N4O2. The van der Waals surface area contributed by atoms with Crippen molar-refractivity contribution in [3.05, 3.63) is 11.9 Å². The number of aryl methyl sites for hydroxylation is 1. The predicted molar refractivity (Wildman–Crippen MR) is 75.7 cm³/mol. The molecule has 1 heterocycles. The topological polar surface area (TPSA) is 78.4 Å². The number of hydrogen-bond donors (Lipinski definition) is 2. The smallest absolute Gasteiger partial charge is 0.305 e. The molecule has 6 nitrogen and oxygen atoms in total. The minimum atomic E-state index is -0.821. The Kier molecular flexibility index (Phi) is 6.05. The molecule has 0 saturated carbocycles. The highest BCUT2D eigenvalue weighted by atomic mass is 16.4. The van der Waals surface area contributed by atoms with Crippen molar-refractivity contribution in [2.24, 2.45) is 0 Å². The Morgan fingerprint density at radius 3 is 2.84 bits per heavy atom. The second-order valence-corrected chi connectivity index (χ2v) is 4.50. The fourth-order valence-electron chi connectivity index (χ4n) is 1.65. The first-order valence-corrected chi connectivity index (χ1v) is 6.55. The molecule has 0 fully saturated rings. The number of unbranched alkanes of at least 4 members (excludes halogenated alkanes) is 1. The summed E-state index contributed by atoms with van der Waals surface area (Å²) in [5.74, 6) is 1.39. The molecule has 1 rings (SSSR count). The van der Waals surface area contributed by atoms with Crippen molar-refractivity contribution >= 4 is 17.6 Å². The van der Waals surface area contributed by atoms with Crippen LogP contribution >= 0.6 is 0 Å². The van der Waals surface area contributed by atoms with Gasteiger partial charge in [0, 0.05) is 26.2 Å². The van der Waals surface area contributed by atoms with Crippen LogP contribution in [0.5, 0.6) is 0 Å². The van der Waals surface area contributed by atoms with Gasteiger partial charge in [-0.05, 0) is 13.3 Å². The molecule has 2 N–H and O–H groups in total. The summed E-state index contributed by atoms with van der Waals surface area (Å²) >= 11 is 0. The summed E-state index contributed by atoms with van der Waals surface area (Å²) in [4.78, 5) is 21.2. The van der Waals surface area contributed by atoms with Crippen LogP contribution in [-0.2, 0) is 4.79 Å². The summed E-state index contributed by atoms with van der Waals surface area (Å²) in [6.07, 6.45) is 2.32. The van der Waals surface area contributed by atoms with E-state index in [1.165, 1.54) is 0 Å². The monoisotopic (exact) mass is 266 g/mol. The van der Waals surface area contributed by atoms with Gasteiger partial charge in [-0.1, -0.05) is 13.3 Å². The predicted octanol–water partition coefficient (Wildman–Crippen LogP) is 1.91. The fraction of sp³-hybridized carbons (Fsp3) is 0.615. The third-order valence-corrected chi connectivity index (χ3v) is 2.71. The van der Waals surface area contributed by atoms with Gasteiger partial charge in [0.25, 0.3) is 0 Å². The van der Waals surface area contributed by atoms with Crippen LogP contribution in [0.25, 0.3) is 0 Å². The first-order valence-electron chi connectivity index (χ1n) is 6.55. The summed E-state index contributed by atoms with van der Waals surface area (Å²) in [5.41, 5.74) is 0. The number of carbonyl (C=O) groups is 1. The minimum Gasteiger partial charge on any atom is -0.481 e. The van der Waals surface area contributed by atoms with E-state index in [-0.39, 0.29) is 6.42 Å². The molecule has 0 aromatic carbocycles.